The predicted molar refractivity (Wildman–Crippen MR) is 98.6 cm³/mol. The van der Waals surface area contributed by atoms with Crippen molar-refractivity contribution in [3.63, 3.8) is 0 Å². The fourth-order valence-corrected chi connectivity index (χ4v) is 2.43. The van der Waals surface area contributed by atoms with Gasteiger partial charge in [-0.2, -0.15) is 0 Å². The maximum absolute atomic E-state index is 13.0. The zero-order valence-electron chi connectivity index (χ0n) is 14.8. The van der Waals surface area contributed by atoms with Crippen molar-refractivity contribution in [3.05, 3.63) is 75.6 Å². The van der Waals surface area contributed by atoms with Crippen molar-refractivity contribution in [1.29, 1.82) is 0 Å². The molecule has 0 bridgehead atoms. The van der Waals surface area contributed by atoms with Gasteiger partial charge in [0.25, 0.3) is 5.69 Å². The summed E-state index contributed by atoms with van der Waals surface area (Å²) in [4.78, 5) is 22.0. The molecule has 7 nitrogen and oxygen atoms in total. The molecule has 2 rings (SSSR count). The van der Waals surface area contributed by atoms with Gasteiger partial charge in [0.1, 0.15) is 11.5 Å². The average molecular weight is 374 g/mol. The fourth-order valence-electron chi connectivity index (χ4n) is 2.43. The summed E-state index contributed by atoms with van der Waals surface area (Å²) in [5.74, 6) is -0.992. The summed E-state index contributed by atoms with van der Waals surface area (Å²) in [5.41, 5.74) is 0.935. The average Bonchev–Trinajstić information content (AvgIpc) is 2.66. The lowest BCUT2D eigenvalue weighted by Crippen LogP contribution is -2.24. The molecule has 2 N–H and O–H groups in total. The standard InChI is InChI=1S/C19H19FN2O5/c1-12(19(24)14-5-7-15(20)8-6-14)21-16-9-3-13(4-10-18(23)27-2)11-17(16)22(25)26/h3-12,19,21,24H,1-2H3. The molecule has 2 atom stereocenters. The van der Waals surface area contributed by atoms with Crippen molar-refractivity contribution in [2.45, 2.75) is 19.1 Å². The van der Waals surface area contributed by atoms with Crippen LogP contribution in [0.4, 0.5) is 15.8 Å². The first-order valence-corrected chi connectivity index (χ1v) is 8.06. The number of benzene rings is 2. The van der Waals surface area contributed by atoms with Crippen LogP contribution >= 0.6 is 0 Å². The molecule has 142 valence electrons. The van der Waals surface area contributed by atoms with Gasteiger partial charge in [-0.15, -0.1) is 0 Å². The summed E-state index contributed by atoms with van der Waals surface area (Å²) in [7, 11) is 1.23. The number of nitro groups is 1. The summed E-state index contributed by atoms with van der Waals surface area (Å²) in [6.45, 7) is 1.66. The lowest BCUT2D eigenvalue weighted by atomic mass is 10.0. The van der Waals surface area contributed by atoms with E-state index in [1.54, 1.807) is 13.0 Å². The van der Waals surface area contributed by atoms with Gasteiger partial charge in [0.2, 0.25) is 0 Å². The lowest BCUT2D eigenvalue weighted by Gasteiger charge is -2.21. The number of hydrogen-bond acceptors (Lipinski definition) is 6. The number of aliphatic hydroxyl groups excluding tert-OH is 1. The third-order valence-corrected chi connectivity index (χ3v) is 3.90. The fraction of sp³-hybridized carbons (Fsp3) is 0.211. The molecule has 0 saturated carbocycles. The summed E-state index contributed by atoms with van der Waals surface area (Å²) in [6, 6.07) is 9.17. The number of aliphatic hydroxyl groups is 1. The van der Waals surface area contributed by atoms with Crippen LogP contribution < -0.4 is 5.32 Å². The first kappa shape index (κ1) is 20.1. The minimum Gasteiger partial charge on any atom is -0.466 e. The van der Waals surface area contributed by atoms with Gasteiger partial charge in [-0.1, -0.05) is 18.2 Å². The normalized spacial score (nSPS) is 13.2. The second-order valence-corrected chi connectivity index (χ2v) is 5.82. The first-order valence-electron chi connectivity index (χ1n) is 8.06. The number of hydrogen-bond donors (Lipinski definition) is 2. The van der Waals surface area contributed by atoms with Crippen molar-refractivity contribution in [2.24, 2.45) is 0 Å². The Labute approximate surface area is 155 Å². The van der Waals surface area contributed by atoms with E-state index in [1.165, 1.54) is 49.6 Å². The summed E-state index contributed by atoms with van der Waals surface area (Å²) >= 11 is 0. The zero-order chi connectivity index (χ0) is 20.0. The number of anilines is 1. The van der Waals surface area contributed by atoms with E-state index in [0.717, 1.165) is 6.08 Å². The Kier molecular flexibility index (Phi) is 6.62. The van der Waals surface area contributed by atoms with Gasteiger partial charge in [0.15, 0.2) is 0 Å². The highest BCUT2D eigenvalue weighted by Gasteiger charge is 2.21. The topological polar surface area (TPSA) is 102 Å². The number of ether oxygens (including phenoxy) is 1. The van der Waals surface area contributed by atoms with Gasteiger partial charge in [-0.3, -0.25) is 10.1 Å². The summed E-state index contributed by atoms with van der Waals surface area (Å²) in [5, 5.41) is 24.7. The van der Waals surface area contributed by atoms with Gasteiger partial charge >= 0.3 is 5.97 Å². The highest BCUT2D eigenvalue weighted by molar-refractivity contribution is 5.87. The third kappa shape index (κ3) is 5.35. The predicted octanol–water partition coefficient (Wildman–Crippen LogP) is 3.45. The van der Waals surface area contributed by atoms with Crippen molar-refractivity contribution >= 4 is 23.4 Å². The molecule has 0 heterocycles. The van der Waals surface area contributed by atoms with Crippen LogP contribution in [0.25, 0.3) is 6.08 Å². The van der Waals surface area contributed by atoms with Gasteiger partial charge in [-0.25, -0.2) is 9.18 Å². The molecule has 0 fully saturated rings. The van der Waals surface area contributed by atoms with E-state index >= 15 is 0 Å². The van der Waals surface area contributed by atoms with Crippen LogP contribution in [-0.2, 0) is 9.53 Å². The van der Waals surface area contributed by atoms with E-state index < -0.39 is 28.9 Å². The van der Waals surface area contributed by atoms with Crippen molar-refractivity contribution < 1.29 is 24.0 Å². The molecule has 0 saturated heterocycles. The van der Waals surface area contributed by atoms with E-state index in [9.17, 15) is 24.4 Å². The van der Waals surface area contributed by atoms with Crippen LogP contribution in [0.1, 0.15) is 24.2 Å². The Hall–Kier alpha value is -3.26. The number of carbonyl (C=O) groups excluding carboxylic acids is 1. The second kappa shape index (κ2) is 8.91. The van der Waals surface area contributed by atoms with Gasteiger partial charge in [-0.05, 0) is 42.3 Å². The first-order chi connectivity index (χ1) is 12.8. The zero-order valence-corrected chi connectivity index (χ0v) is 14.8. The summed E-state index contributed by atoms with van der Waals surface area (Å²) in [6.07, 6.45) is 1.57. The molecule has 0 aliphatic rings. The van der Waals surface area contributed by atoms with Crippen LogP contribution in [0.15, 0.2) is 48.5 Å². The molecule has 2 aromatic carbocycles. The molecular weight excluding hydrogens is 355 g/mol. The summed E-state index contributed by atoms with van der Waals surface area (Å²) < 4.78 is 17.5. The smallest absolute Gasteiger partial charge is 0.330 e. The molecule has 8 heteroatoms. The van der Waals surface area contributed by atoms with E-state index in [4.69, 9.17) is 0 Å². The van der Waals surface area contributed by atoms with Gasteiger partial charge < -0.3 is 15.2 Å². The minimum atomic E-state index is -0.996. The van der Waals surface area contributed by atoms with Crippen LogP contribution in [0.2, 0.25) is 0 Å². The Morgan fingerprint density at radius 2 is 1.96 bits per heavy atom. The van der Waals surface area contributed by atoms with Crippen molar-refractivity contribution in [3.8, 4) is 0 Å². The highest BCUT2D eigenvalue weighted by Crippen LogP contribution is 2.29. The van der Waals surface area contributed by atoms with E-state index in [0.29, 0.717) is 11.1 Å². The number of carbonyl (C=O) groups is 1. The van der Waals surface area contributed by atoms with Crippen LogP contribution in [-0.4, -0.2) is 29.2 Å². The monoisotopic (exact) mass is 374 g/mol. The lowest BCUT2D eigenvalue weighted by molar-refractivity contribution is -0.384. The number of esters is 1. The number of nitrogens with zero attached hydrogens (tertiary/aromatic N) is 1. The maximum atomic E-state index is 13.0. The Morgan fingerprint density at radius 1 is 1.30 bits per heavy atom. The third-order valence-electron chi connectivity index (χ3n) is 3.90. The molecule has 0 aliphatic carbocycles. The number of rotatable bonds is 7. The minimum absolute atomic E-state index is 0.208. The van der Waals surface area contributed by atoms with Crippen molar-refractivity contribution in [2.75, 3.05) is 12.4 Å². The highest BCUT2D eigenvalue weighted by atomic mass is 19.1. The Bertz CT molecular complexity index is 852. The molecule has 0 radical (unpaired) electrons. The number of nitrogens with one attached hydrogen (secondary N) is 1. The van der Waals surface area contributed by atoms with E-state index in [-0.39, 0.29) is 11.4 Å². The Morgan fingerprint density at radius 3 is 2.56 bits per heavy atom. The second-order valence-electron chi connectivity index (χ2n) is 5.82. The molecule has 0 aliphatic heterocycles. The van der Waals surface area contributed by atoms with E-state index in [1.807, 2.05) is 0 Å². The SMILES string of the molecule is COC(=O)C=Cc1ccc(NC(C)C(O)c2ccc(F)cc2)c([N+](=O)[O-])c1. The molecule has 0 spiro atoms. The van der Waals surface area contributed by atoms with Gasteiger partial charge in [0.05, 0.1) is 24.2 Å². The number of methoxy groups -OCH3 is 1. The molecule has 2 unspecified atom stereocenters. The number of halogens is 1. The van der Waals surface area contributed by atoms with Crippen LogP contribution in [0.3, 0.4) is 0 Å². The molecule has 0 amide bonds. The van der Waals surface area contributed by atoms with Crippen LogP contribution in [0.5, 0.6) is 0 Å². The van der Waals surface area contributed by atoms with Gasteiger partial charge in [0, 0.05) is 12.1 Å². The number of nitro benzene ring substituents is 1. The van der Waals surface area contributed by atoms with Crippen LogP contribution in [0, 0.1) is 15.9 Å². The molecule has 27 heavy (non-hydrogen) atoms. The largest absolute Gasteiger partial charge is 0.466 e. The maximum Gasteiger partial charge on any atom is 0.330 e. The van der Waals surface area contributed by atoms with E-state index in [2.05, 4.69) is 10.1 Å². The molecule has 0 aromatic heterocycles. The quantitative estimate of drug-likeness (QED) is 0.333. The Balaban J connectivity index is 2.21. The molecule has 2 aromatic rings. The molecular formula is C19H19FN2O5. The van der Waals surface area contributed by atoms with Crippen molar-refractivity contribution in [1.82, 2.24) is 0 Å².